The van der Waals surface area contributed by atoms with E-state index in [4.69, 9.17) is 4.42 Å². The third-order valence-electron chi connectivity index (χ3n) is 4.56. The Hall–Kier alpha value is -2.98. The van der Waals surface area contributed by atoms with E-state index in [2.05, 4.69) is 15.0 Å². The summed E-state index contributed by atoms with van der Waals surface area (Å²) in [4.78, 5) is 28.4. The fourth-order valence-electron chi connectivity index (χ4n) is 3.02. The van der Waals surface area contributed by atoms with E-state index in [1.165, 1.54) is 29.8 Å². The Balaban J connectivity index is 1.80. The van der Waals surface area contributed by atoms with Crippen LogP contribution in [-0.4, -0.2) is 29.9 Å². The number of nitrogens with zero attached hydrogens (tertiary/aromatic N) is 2. The van der Waals surface area contributed by atoms with Crippen LogP contribution in [0.5, 0.6) is 0 Å². The molecule has 1 atom stereocenters. The summed E-state index contributed by atoms with van der Waals surface area (Å²) in [5.41, 5.74) is 1.30. The van der Waals surface area contributed by atoms with Gasteiger partial charge in [-0.15, -0.1) is 0 Å². The van der Waals surface area contributed by atoms with Crippen LogP contribution >= 0.6 is 0 Å². The first-order valence-corrected chi connectivity index (χ1v) is 10.9. The van der Waals surface area contributed by atoms with Crippen molar-refractivity contribution in [2.75, 3.05) is 0 Å². The lowest BCUT2D eigenvalue weighted by Gasteiger charge is -2.20. The Bertz CT molecular complexity index is 1200. The van der Waals surface area contributed by atoms with Crippen LogP contribution < -0.4 is 15.8 Å². The van der Waals surface area contributed by atoms with Gasteiger partial charge in [-0.05, 0) is 36.6 Å². The van der Waals surface area contributed by atoms with Gasteiger partial charge in [0.15, 0.2) is 5.58 Å². The summed E-state index contributed by atoms with van der Waals surface area (Å²) in [5, 5.41) is 2.73. The van der Waals surface area contributed by atoms with E-state index in [-0.39, 0.29) is 22.9 Å². The molecule has 10 heteroatoms. The smallest absolute Gasteiger partial charge is 0.408 e. The molecule has 1 amide bonds. The zero-order chi connectivity index (χ0) is 21.9. The molecule has 30 heavy (non-hydrogen) atoms. The third-order valence-corrected chi connectivity index (χ3v) is 6.03. The first-order chi connectivity index (χ1) is 14.2. The number of fused-ring (bicyclic) bond motifs is 1. The molecule has 0 spiro atoms. The topological polar surface area (TPSA) is 123 Å². The van der Waals surface area contributed by atoms with Gasteiger partial charge in [-0.25, -0.2) is 13.2 Å². The third kappa shape index (κ3) is 4.95. The van der Waals surface area contributed by atoms with Gasteiger partial charge in [0.25, 0.3) is 0 Å². The van der Waals surface area contributed by atoms with E-state index in [1.807, 2.05) is 13.8 Å². The summed E-state index contributed by atoms with van der Waals surface area (Å²) in [5.74, 6) is -0.947. The van der Waals surface area contributed by atoms with Gasteiger partial charge in [0.1, 0.15) is 6.04 Å². The SMILES string of the molecule is CC(C)C[C@@H](NS(=O)(=O)c1ccc2c(c1)oc(=O)n2C)C(=O)NCc1ccccn1. The molecule has 0 unspecified atom stereocenters. The molecule has 0 aliphatic rings. The van der Waals surface area contributed by atoms with E-state index in [0.29, 0.717) is 17.6 Å². The second-order valence-electron chi connectivity index (χ2n) is 7.40. The van der Waals surface area contributed by atoms with Crippen LogP contribution in [0.4, 0.5) is 0 Å². The predicted molar refractivity (Wildman–Crippen MR) is 111 cm³/mol. The number of amides is 1. The molecular formula is C20H24N4O5S. The summed E-state index contributed by atoms with van der Waals surface area (Å²) in [6.45, 7) is 3.99. The van der Waals surface area contributed by atoms with E-state index >= 15 is 0 Å². The minimum atomic E-state index is -4.03. The molecule has 2 heterocycles. The second kappa shape index (κ2) is 8.80. The molecule has 1 aromatic carbocycles. The van der Waals surface area contributed by atoms with Crippen molar-refractivity contribution < 1.29 is 17.6 Å². The van der Waals surface area contributed by atoms with Gasteiger partial charge in [0.05, 0.1) is 22.7 Å². The fraction of sp³-hybridized carbons (Fsp3) is 0.350. The molecule has 0 aliphatic heterocycles. The van der Waals surface area contributed by atoms with Crippen LogP contribution in [0, 0.1) is 5.92 Å². The number of aromatic nitrogens is 2. The van der Waals surface area contributed by atoms with Crippen molar-refractivity contribution in [3.63, 3.8) is 0 Å². The molecule has 0 saturated heterocycles. The van der Waals surface area contributed by atoms with Crippen LogP contribution in [0.25, 0.3) is 11.1 Å². The molecule has 3 aromatic rings. The second-order valence-corrected chi connectivity index (χ2v) is 9.11. The highest BCUT2D eigenvalue weighted by molar-refractivity contribution is 7.89. The number of aryl methyl sites for hydroxylation is 1. The lowest BCUT2D eigenvalue weighted by molar-refractivity contribution is -0.123. The van der Waals surface area contributed by atoms with Crippen molar-refractivity contribution >= 4 is 27.0 Å². The molecule has 0 fully saturated rings. The van der Waals surface area contributed by atoms with Gasteiger partial charge >= 0.3 is 5.76 Å². The summed E-state index contributed by atoms with van der Waals surface area (Å²) in [6.07, 6.45) is 1.93. The van der Waals surface area contributed by atoms with Crippen LogP contribution in [-0.2, 0) is 28.4 Å². The molecule has 2 aromatic heterocycles. The molecule has 0 aliphatic carbocycles. The molecule has 160 valence electrons. The highest BCUT2D eigenvalue weighted by Gasteiger charge is 2.27. The van der Waals surface area contributed by atoms with Gasteiger partial charge in [-0.2, -0.15) is 4.72 Å². The number of hydrogen-bond acceptors (Lipinski definition) is 6. The Morgan fingerprint density at radius 3 is 2.67 bits per heavy atom. The minimum Gasteiger partial charge on any atom is -0.408 e. The molecule has 9 nitrogen and oxygen atoms in total. The van der Waals surface area contributed by atoms with Gasteiger partial charge < -0.3 is 9.73 Å². The average Bonchev–Trinajstić information content (AvgIpc) is 2.99. The average molecular weight is 433 g/mol. The Labute approximate surface area is 174 Å². The highest BCUT2D eigenvalue weighted by Crippen LogP contribution is 2.19. The maximum atomic E-state index is 12.9. The van der Waals surface area contributed by atoms with E-state index in [9.17, 15) is 18.0 Å². The van der Waals surface area contributed by atoms with Crippen LogP contribution in [0.2, 0.25) is 0 Å². The number of oxazole rings is 1. The van der Waals surface area contributed by atoms with Gasteiger partial charge in [0.2, 0.25) is 15.9 Å². The van der Waals surface area contributed by atoms with Gasteiger partial charge in [-0.3, -0.25) is 14.3 Å². The summed E-state index contributed by atoms with van der Waals surface area (Å²) < 4.78 is 34.6. The first kappa shape index (κ1) is 21.7. The number of hydrogen-bond donors (Lipinski definition) is 2. The van der Waals surface area contributed by atoms with Gasteiger partial charge in [-0.1, -0.05) is 19.9 Å². The van der Waals surface area contributed by atoms with Crippen LogP contribution in [0.15, 0.2) is 56.7 Å². The van der Waals surface area contributed by atoms with E-state index < -0.39 is 27.7 Å². The standard InChI is InChI=1S/C20H24N4O5S/c1-13(2)10-16(19(25)22-12-14-6-4-5-9-21-14)23-30(27,28)15-7-8-17-18(11-15)29-20(26)24(17)3/h4-9,11,13,16,23H,10,12H2,1-3H3,(H,22,25)/t16-/m1/s1. The molecule has 2 N–H and O–H groups in total. The lowest BCUT2D eigenvalue weighted by atomic mass is 10.0. The number of carbonyl (C=O) groups excluding carboxylic acids is 1. The quantitative estimate of drug-likeness (QED) is 0.557. The fourth-order valence-corrected chi connectivity index (χ4v) is 4.24. The van der Waals surface area contributed by atoms with Crippen molar-refractivity contribution in [2.45, 2.75) is 37.8 Å². The van der Waals surface area contributed by atoms with Gasteiger partial charge in [0, 0.05) is 19.3 Å². The summed E-state index contributed by atoms with van der Waals surface area (Å²) >= 11 is 0. The number of nitrogens with one attached hydrogen (secondary N) is 2. The molecule has 0 radical (unpaired) electrons. The van der Waals surface area contributed by atoms with E-state index in [0.717, 1.165) is 0 Å². The zero-order valence-corrected chi connectivity index (χ0v) is 17.8. The summed E-state index contributed by atoms with van der Waals surface area (Å²) in [7, 11) is -2.49. The van der Waals surface area contributed by atoms with Crippen LogP contribution in [0.3, 0.4) is 0 Å². The largest absolute Gasteiger partial charge is 0.419 e. The number of sulfonamides is 1. The minimum absolute atomic E-state index is 0.0768. The normalized spacial score (nSPS) is 12.9. The van der Waals surface area contributed by atoms with Crippen molar-refractivity contribution in [3.8, 4) is 0 Å². The maximum Gasteiger partial charge on any atom is 0.419 e. The number of benzene rings is 1. The highest BCUT2D eigenvalue weighted by atomic mass is 32.2. The molecule has 3 rings (SSSR count). The maximum absolute atomic E-state index is 12.9. The van der Waals surface area contributed by atoms with Crippen molar-refractivity contribution in [3.05, 3.63) is 58.8 Å². The monoisotopic (exact) mass is 432 g/mol. The number of pyridine rings is 1. The molecule has 0 saturated carbocycles. The predicted octanol–water partition coefficient (Wildman–Crippen LogP) is 1.54. The van der Waals surface area contributed by atoms with Crippen molar-refractivity contribution in [1.82, 2.24) is 19.6 Å². The number of rotatable bonds is 8. The Morgan fingerprint density at radius 1 is 1.23 bits per heavy atom. The summed E-state index contributed by atoms with van der Waals surface area (Å²) in [6, 6.07) is 8.53. The molecular weight excluding hydrogens is 408 g/mol. The first-order valence-electron chi connectivity index (χ1n) is 9.47. The Morgan fingerprint density at radius 2 is 2.00 bits per heavy atom. The molecule has 0 bridgehead atoms. The van der Waals surface area contributed by atoms with E-state index in [1.54, 1.807) is 24.4 Å². The van der Waals surface area contributed by atoms with Crippen LogP contribution in [0.1, 0.15) is 26.0 Å². The zero-order valence-electron chi connectivity index (χ0n) is 17.0. The van der Waals surface area contributed by atoms with Crippen molar-refractivity contribution in [1.29, 1.82) is 0 Å². The lowest BCUT2D eigenvalue weighted by Crippen LogP contribution is -2.47. The Kier molecular flexibility index (Phi) is 6.37. The van der Waals surface area contributed by atoms with Crippen molar-refractivity contribution in [2.24, 2.45) is 13.0 Å². The number of carbonyl (C=O) groups is 1.